The Balaban J connectivity index is 2.36. The highest BCUT2D eigenvalue weighted by Gasteiger charge is 2.16. The van der Waals surface area contributed by atoms with Crippen LogP contribution in [0.15, 0.2) is 17.3 Å². The Bertz CT molecular complexity index is 304. The molecule has 88 valence electrons. The lowest BCUT2D eigenvalue weighted by Gasteiger charge is -2.17. The van der Waals surface area contributed by atoms with Gasteiger partial charge >= 0.3 is 0 Å². The molecule has 1 amide bonds. The van der Waals surface area contributed by atoms with Crippen LogP contribution in [0.1, 0.15) is 12.8 Å². The molecule has 1 N–H and O–H groups in total. The molecule has 0 saturated carbocycles. The van der Waals surface area contributed by atoms with Crippen molar-refractivity contribution in [1.82, 2.24) is 5.32 Å². The summed E-state index contributed by atoms with van der Waals surface area (Å²) in [5, 5.41) is 2.60. The SMILES string of the molecule is O=C[C@H](CC1C=CN=CC1)NC(=O)COI. The molecule has 1 aliphatic rings. The van der Waals surface area contributed by atoms with Gasteiger partial charge in [-0.1, -0.05) is 6.08 Å². The van der Waals surface area contributed by atoms with Crippen molar-refractivity contribution in [3.63, 3.8) is 0 Å². The lowest BCUT2D eigenvalue weighted by Crippen LogP contribution is -2.39. The van der Waals surface area contributed by atoms with Gasteiger partial charge in [0.2, 0.25) is 5.91 Å². The number of allylic oxidation sites excluding steroid dienone is 1. The second-order valence-corrected chi connectivity index (χ2v) is 4.09. The molecule has 2 atom stereocenters. The Labute approximate surface area is 108 Å². The maximum absolute atomic E-state index is 11.2. The fourth-order valence-corrected chi connectivity index (χ4v) is 1.74. The molecule has 1 rings (SSSR count). The van der Waals surface area contributed by atoms with Crippen LogP contribution in [0.4, 0.5) is 0 Å². The van der Waals surface area contributed by atoms with E-state index < -0.39 is 6.04 Å². The third-order valence-electron chi connectivity index (χ3n) is 2.21. The quantitative estimate of drug-likeness (QED) is 0.582. The zero-order valence-corrected chi connectivity index (χ0v) is 10.8. The van der Waals surface area contributed by atoms with E-state index >= 15 is 0 Å². The topological polar surface area (TPSA) is 67.8 Å². The van der Waals surface area contributed by atoms with Gasteiger partial charge < -0.3 is 13.2 Å². The number of halogens is 1. The molecular formula is C10H13IN2O3. The first-order chi connectivity index (χ1) is 7.76. The predicted molar refractivity (Wildman–Crippen MR) is 68.3 cm³/mol. The Morgan fingerprint density at radius 2 is 2.56 bits per heavy atom. The lowest BCUT2D eigenvalue weighted by atomic mass is 9.96. The van der Waals surface area contributed by atoms with Crippen molar-refractivity contribution >= 4 is 41.4 Å². The van der Waals surface area contributed by atoms with Gasteiger partial charge in [0, 0.05) is 12.4 Å². The largest absolute Gasteiger partial charge is 0.345 e. The fourth-order valence-electron chi connectivity index (χ4n) is 1.45. The first-order valence-corrected chi connectivity index (χ1v) is 5.81. The predicted octanol–water partition coefficient (Wildman–Crippen LogP) is 1.03. The van der Waals surface area contributed by atoms with Crippen LogP contribution in [0.25, 0.3) is 0 Å². The molecule has 0 fully saturated rings. The van der Waals surface area contributed by atoms with E-state index in [1.54, 1.807) is 29.2 Å². The normalized spacial score (nSPS) is 20.4. The summed E-state index contributed by atoms with van der Waals surface area (Å²) in [6, 6.07) is -0.458. The van der Waals surface area contributed by atoms with E-state index in [1.807, 2.05) is 12.3 Å². The molecular weight excluding hydrogens is 323 g/mol. The number of carbonyl (C=O) groups is 2. The van der Waals surface area contributed by atoms with Crippen molar-refractivity contribution in [2.24, 2.45) is 10.9 Å². The molecule has 0 spiro atoms. The van der Waals surface area contributed by atoms with Gasteiger partial charge in [0.05, 0.1) is 6.04 Å². The summed E-state index contributed by atoms with van der Waals surface area (Å²) in [7, 11) is 0. The number of hydrogen-bond donors (Lipinski definition) is 1. The van der Waals surface area contributed by atoms with Crippen LogP contribution in [0.5, 0.6) is 0 Å². The molecule has 0 aromatic carbocycles. The van der Waals surface area contributed by atoms with Crippen LogP contribution in [0.2, 0.25) is 0 Å². The number of nitrogens with zero attached hydrogens (tertiary/aromatic N) is 1. The molecule has 0 saturated heterocycles. The minimum atomic E-state index is -0.458. The Morgan fingerprint density at radius 1 is 1.75 bits per heavy atom. The van der Waals surface area contributed by atoms with Crippen LogP contribution in [0, 0.1) is 5.92 Å². The van der Waals surface area contributed by atoms with Gasteiger partial charge in [-0.05, 0) is 18.8 Å². The molecule has 1 unspecified atom stereocenters. The van der Waals surface area contributed by atoms with Crippen molar-refractivity contribution < 1.29 is 12.7 Å². The van der Waals surface area contributed by atoms with Crippen LogP contribution >= 0.6 is 23.0 Å². The molecule has 5 nitrogen and oxygen atoms in total. The minimum absolute atomic E-state index is 0.0349. The number of amides is 1. The summed E-state index contributed by atoms with van der Waals surface area (Å²) in [5.41, 5.74) is 0. The van der Waals surface area contributed by atoms with Crippen LogP contribution < -0.4 is 5.32 Å². The molecule has 1 aliphatic heterocycles. The van der Waals surface area contributed by atoms with Gasteiger partial charge in [-0.2, -0.15) is 0 Å². The van der Waals surface area contributed by atoms with Crippen molar-refractivity contribution in [3.05, 3.63) is 12.3 Å². The Kier molecular flexibility index (Phi) is 6.24. The highest BCUT2D eigenvalue weighted by atomic mass is 127. The number of carbonyl (C=O) groups excluding carboxylic acids is 2. The monoisotopic (exact) mass is 336 g/mol. The molecule has 0 aromatic rings. The van der Waals surface area contributed by atoms with E-state index in [0.717, 1.165) is 12.7 Å². The fraction of sp³-hybridized carbons (Fsp3) is 0.500. The third kappa shape index (κ3) is 4.84. The van der Waals surface area contributed by atoms with E-state index in [9.17, 15) is 9.59 Å². The van der Waals surface area contributed by atoms with E-state index in [2.05, 4.69) is 13.4 Å². The number of rotatable bonds is 6. The Hall–Kier alpha value is -0.760. The smallest absolute Gasteiger partial charge is 0.247 e. The van der Waals surface area contributed by atoms with E-state index in [4.69, 9.17) is 0 Å². The number of aldehydes is 1. The average Bonchev–Trinajstić information content (AvgIpc) is 2.30. The molecule has 0 aromatic heterocycles. The minimum Gasteiger partial charge on any atom is -0.345 e. The van der Waals surface area contributed by atoms with Gasteiger partial charge in [0.15, 0.2) is 0 Å². The molecule has 16 heavy (non-hydrogen) atoms. The molecule has 0 radical (unpaired) electrons. The number of hydrogen-bond acceptors (Lipinski definition) is 4. The second-order valence-electron chi connectivity index (χ2n) is 3.47. The van der Waals surface area contributed by atoms with E-state index in [1.165, 1.54) is 0 Å². The number of nitrogens with one attached hydrogen (secondary N) is 1. The molecule has 1 heterocycles. The van der Waals surface area contributed by atoms with Crippen molar-refractivity contribution in [1.29, 1.82) is 0 Å². The first-order valence-electron chi connectivity index (χ1n) is 4.92. The molecule has 0 aliphatic carbocycles. The maximum Gasteiger partial charge on any atom is 0.247 e. The zero-order valence-electron chi connectivity index (χ0n) is 8.64. The van der Waals surface area contributed by atoms with E-state index in [0.29, 0.717) is 6.42 Å². The second kappa shape index (κ2) is 7.50. The lowest BCUT2D eigenvalue weighted by molar-refractivity contribution is -0.125. The average molecular weight is 336 g/mol. The van der Waals surface area contributed by atoms with Crippen molar-refractivity contribution in [3.8, 4) is 0 Å². The Morgan fingerprint density at radius 3 is 3.12 bits per heavy atom. The van der Waals surface area contributed by atoms with Gasteiger partial charge in [0.1, 0.15) is 35.9 Å². The van der Waals surface area contributed by atoms with Crippen molar-refractivity contribution in [2.45, 2.75) is 18.9 Å². The summed E-state index contributed by atoms with van der Waals surface area (Å²) >= 11 is 1.64. The van der Waals surface area contributed by atoms with Gasteiger partial charge in [0.25, 0.3) is 0 Å². The van der Waals surface area contributed by atoms with Crippen molar-refractivity contribution in [2.75, 3.05) is 6.61 Å². The standard InChI is InChI=1S/C10H13IN2O3/c11-16-7-10(15)13-9(6-14)5-8-1-3-12-4-2-8/h1,3-4,6,8-9H,2,5,7H2,(H,13,15)/t8?,9-/m0/s1. The summed E-state index contributed by atoms with van der Waals surface area (Å²) in [6.07, 6.45) is 7.62. The maximum atomic E-state index is 11.2. The summed E-state index contributed by atoms with van der Waals surface area (Å²) in [4.78, 5) is 26.0. The van der Waals surface area contributed by atoms with Crippen LogP contribution in [0.3, 0.4) is 0 Å². The summed E-state index contributed by atoms with van der Waals surface area (Å²) in [5.74, 6) is -0.0199. The van der Waals surface area contributed by atoms with Crippen LogP contribution in [-0.4, -0.2) is 31.1 Å². The zero-order chi connectivity index (χ0) is 11.8. The summed E-state index contributed by atoms with van der Waals surface area (Å²) < 4.78 is 4.65. The van der Waals surface area contributed by atoms with Gasteiger partial charge in [-0.25, -0.2) is 0 Å². The van der Waals surface area contributed by atoms with E-state index in [-0.39, 0.29) is 18.4 Å². The number of aliphatic imine (C=N–C) groups is 1. The summed E-state index contributed by atoms with van der Waals surface area (Å²) in [6.45, 7) is -0.0349. The highest BCUT2D eigenvalue weighted by Crippen LogP contribution is 2.14. The molecule has 6 heteroatoms. The van der Waals surface area contributed by atoms with Crippen LogP contribution in [-0.2, 0) is 12.7 Å². The first kappa shape index (κ1) is 13.3. The highest BCUT2D eigenvalue weighted by molar-refractivity contribution is 14.1. The molecule has 0 bridgehead atoms. The third-order valence-corrected chi connectivity index (χ3v) is 2.52. The van der Waals surface area contributed by atoms with Gasteiger partial charge in [-0.15, -0.1) is 0 Å². The van der Waals surface area contributed by atoms with Gasteiger partial charge in [-0.3, -0.25) is 9.79 Å².